The molecule has 17 rings (SSSR count). The summed E-state index contributed by atoms with van der Waals surface area (Å²) >= 11 is 0. The molecule has 0 saturated heterocycles. The second-order valence-corrected chi connectivity index (χ2v) is 25.0. The number of imide groups is 2. The van der Waals surface area contributed by atoms with Gasteiger partial charge < -0.3 is 22.9 Å². The van der Waals surface area contributed by atoms with Gasteiger partial charge in [-0.25, -0.2) is 19.8 Å². The Labute approximate surface area is 589 Å². The summed E-state index contributed by atoms with van der Waals surface area (Å²) in [5.74, 6) is -1.78. The third-order valence-electron chi connectivity index (χ3n) is 18.3. The van der Waals surface area contributed by atoms with Crippen molar-refractivity contribution in [3.63, 3.8) is 0 Å². The van der Waals surface area contributed by atoms with E-state index in [4.69, 9.17) is 32.9 Å². The topological polar surface area (TPSA) is 372 Å². The van der Waals surface area contributed by atoms with Gasteiger partial charge in [0.05, 0.1) is 146 Å². The number of rotatable bonds is 12. The fourth-order valence-corrected chi connectivity index (χ4v) is 12.4. The summed E-state index contributed by atoms with van der Waals surface area (Å²) in [4.78, 5) is 94.2. The molecule has 104 heavy (non-hydrogen) atoms. The average Bonchev–Trinajstić information content (AvgIpc) is 1.58. The minimum absolute atomic E-state index is 0.113. The molecule has 0 radical (unpaired) electrons. The molecular formula is C78H54N20O6. The number of imidazole rings is 2. The quantitative estimate of drug-likeness (QED) is 0.0504. The van der Waals surface area contributed by atoms with Gasteiger partial charge in [0.15, 0.2) is 0 Å². The van der Waals surface area contributed by atoms with Crippen molar-refractivity contribution >= 4 is 149 Å². The van der Waals surface area contributed by atoms with Gasteiger partial charge in [0.25, 0.3) is 35.4 Å². The predicted octanol–water partition coefficient (Wildman–Crippen LogP) is 18.7. The Balaban J connectivity index is 0.000000404. The van der Waals surface area contributed by atoms with E-state index in [2.05, 4.69) is 51.1 Å². The van der Waals surface area contributed by atoms with E-state index in [1.807, 2.05) is 76.2 Å². The van der Waals surface area contributed by atoms with E-state index in [9.17, 15) is 28.8 Å². The number of carbonyl (C=O) groups is 6. The molecule has 13 aromatic rings. The van der Waals surface area contributed by atoms with Gasteiger partial charge in [0, 0.05) is 11.1 Å². The molecule has 0 unspecified atom stereocenters. The summed E-state index contributed by atoms with van der Waals surface area (Å²) in [6, 6.07) is 57.9. The van der Waals surface area contributed by atoms with Gasteiger partial charge in [-0.15, -0.1) is 0 Å². The van der Waals surface area contributed by atoms with E-state index in [1.54, 1.807) is 120 Å². The van der Waals surface area contributed by atoms with Crippen LogP contribution in [0.15, 0.2) is 257 Å². The lowest BCUT2D eigenvalue weighted by Crippen LogP contribution is -2.30. The highest BCUT2D eigenvalue weighted by Crippen LogP contribution is 2.42. The Kier molecular flexibility index (Phi) is 15.5. The van der Waals surface area contributed by atoms with Crippen LogP contribution in [0.2, 0.25) is 0 Å². The zero-order valence-corrected chi connectivity index (χ0v) is 55.5. The van der Waals surface area contributed by atoms with Crippen molar-refractivity contribution in [1.82, 2.24) is 19.1 Å². The first kappa shape index (κ1) is 63.9. The predicted molar refractivity (Wildman–Crippen MR) is 395 cm³/mol. The average molecular weight is 1370 g/mol. The highest BCUT2D eigenvalue weighted by Gasteiger charge is 2.40. The van der Waals surface area contributed by atoms with Crippen LogP contribution in [0.25, 0.3) is 44.8 Å². The van der Waals surface area contributed by atoms with E-state index in [0.717, 1.165) is 37.7 Å². The van der Waals surface area contributed by atoms with Crippen molar-refractivity contribution in [2.24, 2.45) is 51.1 Å². The molecule has 0 aliphatic carbocycles. The Morgan fingerprint density at radius 1 is 0.250 bits per heavy atom. The van der Waals surface area contributed by atoms with Crippen LogP contribution < -0.4 is 32.7 Å². The van der Waals surface area contributed by atoms with Crippen molar-refractivity contribution in [2.75, 3.05) is 32.7 Å². The maximum atomic E-state index is 13.9. The Morgan fingerprint density at radius 2 is 0.567 bits per heavy atom. The van der Waals surface area contributed by atoms with Crippen LogP contribution in [0, 0.1) is 27.7 Å². The fraction of sp³-hybridized carbons (Fsp3) is 0.0513. The number of benzene rings is 11. The van der Waals surface area contributed by atoms with Gasteiger partial charge in [-0.2, -0.15) is 51.1 Å². The molecule has 0 fully saturated rings. The van der Waals surface area contributed by atoms with Gasteiger partial charge in [-0.3, -0.25) is 37.9 Å². The van der Waals surface area contributed by atoms with Crippen LogP contribution in [0.3, 0.4) is 0 Å². The van der Waals surface area contributed by atoms with Gasteiger partial charge in [-0.05, 0) is 244 Å². The number of azo groups is 5. The maximum absolute atomic E-state index is 13.9. The molecule has 26 nitrogen and oxygen atoms in total. The van der Waals surface area contributed by atoms with Crippen LogP contribution in [0.5, 0.6) is 0 Å². The number of aromatic nitrogens is 4. The normalized spacial score (nSPS) is 13.6. The van der Waals surface area contributed by atoms with E-state index in [-0.39, 0.29) is 45.4 Å². The number of nitrogens with two attached hydrogens (primary N) is 4. The highest BCUT2D eigenvalue weighted by molar-refractivity contribution is 6.36. The first-order valence-electron chi connectivity index (χ1n) is 32.4. The minimum Gasteiger partial charge on any atom is -0.397 e. The van der Waals surface area contributed by atoms with Crippen molar-refractivity contribution in [2.45, 2.75) is 27.7 Å². The molecule has 4 amide bonds. The molecule has 26 heteroatoms. The molecule has 0 spiro atoms. The van der Waals surface area contributed by atoms with Gasteiger partial charge >= 0.3 is 0 Å². The van der Waals surface area contributed by atoms with Crippen molar-refractivity contribution < 1.29 is 28.8 Å². The number of nitrogen functional groups attached to an aromatic ring is 4. The monoisotopic (exact) mass is 1370 g/mol. The fourth-order valence-electron chi connectivity index (χ4n) is 12.4. The Morgan fingerprint density at radius 3 is 1.03 bits per heavy atom. The summed E-state index contributed by atoms with van der Waals surface area (Å²) in [6.45, 7) is 8.05. The molecule has 6 heterocycles. The van der Waals surface area contributed by atoms with Crippen LogP contribution in [-0.2, 0) is 0 Å². The molecule has 0 atom stereocenters. The van der Waals surface area contributed by atoms with Crippen LogP contribution in [-0.4, -0.2) is 54.5 Å². The van der Waals surface area contributed by atoms with E-state index >= 15 is 0 Å². The number of amides is 4. The number of nitrogens with zero attached hydrogens (tertiary/aromatic N) is 16. The molecule has 4 aliphatic rings. The zero-order valence-electron chi connectivity index (χ0n) is 55.5. The molecule has 8 N–H and O–H groups in total. The third-order valence-corrected chi connectivity index (χ3v) is 18.3. The zero-order chi connectivity index (χ0) is 71.9. The Hall–Kier alpha value is -14.8. The van der Waals surface area contributed by atoms with Crippen LogP contribution >= 0.6 is 0 Å². The largest absolute Gasteiger partial charge is 0.397 e. The first-order valence-corrected chi connectivity index (χ1v) is 32.4. The first-order chi connectivity index (χ1) is 50.3. The number of anilines is 6. The summed E-state index contributed by atoms with van der Waals surface area (Å²) in [6.07, 6.45) is 0. The lowest BCUT2D eigenvalue weighted by Gasteiger charge is -2.17. The van der Waals surface area contributed by atoms with Crippen LogP contribution in [0.4, 0.5) is 91.0 Å². The van der Waals surface area contributed by atoms with E-state index < -0.39 is 23.6 Å². The summed E-state index contributed by atoms with van der Waals surface area (Å²) in [5.41, 5.74) is 39.8. The van der Waals surface area contributed by atoms with Crippen molar-refractivity contribution in [3.05, 3.63) is 262 Å². The molecule has 11 aromatic carbocycles. The smallest absolute Gasteiger partial charge is 0.266 e. The summed E-state index contributed by atoms with van der Waals surface area (Å²) in [5, 5.41) is 43.3. The lowest BCUT2D eigenvalue weighted by atomic mass is 10.1. The summed E-state index contributed by atoms with van der Waals surface area (Å²) in [7, 11) is 0. The van der Waals surface area contributed by atoms with Gasteiger partial charge in [-0.1, -0.05) is 12.1 Å². The maximum Gasteiger partial charge on any atom is 0.266 e. The second kappa shape index (κ2) is 25.2. The Bertz CT molecular complexity index is 6090. The molecule has 502 valence electrons. The lowest BCUT2D eigenvalue weighted by molar-refractivity contribution is 0.0909. The number of hydrogen-bond acceptors (Lipinski definition) is 22. The molecular weight excluding hydrogens is 1310 g/mol. The van der Waals surface area contributed by atoms with Crippen molar-refractivity contribution in [1.29, 1.82) is 0 Å². The number of fused-ring (bicyclic) bond motifs is 12. The summed E-state index contributed by atoms with van der Waals surface area (Å²) < 4.78 is 3.11. The number of aryl methyl sites for hydroxylation is 4. The third kappa shape index (κ3) is 11.4. The highest BCUT2D eigenvalue weighted by atomic mass is 16.2. The molecule has 0 saturated carbocycles. The minimum atomic E-state index is -0.593. The number of hydrogen-bond donors (Lipinski definition) is 4. The van der Waals surface area contributed by atoms with E-state index in [1.165, 1.54) is 47.0 Å². The SMILES string of the molecule is Cc1ccc(N=Nc2ccc3c(c2)C(=O)N(c2ccc(N4C(=O)c5ccc(N=Nc6ccc7c(c6)-c6nc8cc(N=Nc9ccc%10nc%11n(c%10c9)C(=O)c9cc(N=Nc%10ccc(C)c(C)c%10)ccc9-%11)ccc8n6C7=O)cc5C4=O)cc2)C3=O)cc1C.Nc1ccc(N=Nc2ccc(N)c(N)c2)cc1N. The number of carbonyl (C=O) groups excluding carboxylic acids is 6. The van der Waals surface area contributed by atoms with E-state index in [0.29, 0.717) is 130 Å². The van der Waals surface area contributed by atoms with Crippen molar-refractivity contribution in [3.8, 4) is 22.8 Å². The standard InChI is InChI=1S/C66H40N14O6.C12H14N6/c1-33-5-7-37(25-35(33)3)69-72-40-9-19-47-52(28-40)66(86)80-58-32-44(13-23-55(58)67-59(47)80)76-75-43-14-24-57-56(31-43)68-60-51-27-39(10-20-48(51)63(83)79(57)60)71-74-42-12-22-50-54(30-42)65(85)78(62(50)82)46-17-15-45(16-18-46)77-61(81)49-21-11-41(29-53(49)64(77)84)73-70-38-8-6-34(2)36(4)26-38;13-9-3-1-7(5-11(9)15)17-18-8-2-4-10(14)12(16)6-8/h5-32H,1-4H3;1-6H,13-16H2. The molecule has 2 aromatic heterocycles. The van der Waals surface area contributed by atoms with Gasteiger partial charge in [0.2, 0.25) is 0 Å². The molecule has 4 aliphatic heterocycles. The van der Waals surface area contributed by atoms with Crippen LogP contribution in [0.1, 0.15) is 84.4 Å². The molecule has 0 bridgehead atoms. The van der Waals surface area contributed by atoms with Gasteiger partial charge in [0.1, 0.15) is 11.6 Å². The second-order valence-electron chi connectivity index (χ2n) is 25.0.